The minimum atomic E-state index is -0.926. The quantitative estimate of drug-likeness (QED) is 0.800. The Hall–Kier alpha value is -2.04. The smallest absolute Gasteiger partial charge is 0.410 e. The van der Waals surface area contributed by atoms with Crippen molar-refractivity contribution in [1.29, 1.82) is 0 Å². The lowest BCUT2D eigenvalue weighted by atomic mass is 10.1. The zero-order chi connectivity index (χ0) is 16.9. The molecule has 1 aliphatic rings. The fourth-order valence-corrected chi connectivity index (χ4v) is 2.46. The van der Waals surface area contributed by atoms with Crippen LogP contribution in [0.4, 0.5) is 4.79 Å². The largest absolute Gasteiger partial charge is 0.457 e. The first-order chi connectivity index (χ1) is 10.8. The molecule has 0 saturated carbocycles. The van der Waals surface area contributed by atoms with Crippen LogP contribution in [0.25, 0.3) is 0 Å². The molecule has 1 aromatic carbocycles. The number of rotatable bonds is 4. The summed E-state index contributed by atoms with van der Waals surface area (Å²) < 4.78 is 10.9. The second-order valence-electron chi connectivity index (χ2n) is 6.79. The second kappa shape index (κ2) is 7.49. The summed E-state index contributed by atoms with van der Waals surface area (Å²) in [4.78, 5) is 26.2. The molecular weight excluding hydrogens is 294 g/mol. The van der Waals surface area contributed by atoms with Crippen LogP contribution in [0.1, 0.15) is 39.2 Å². The van der Waals surface area contributed by atoms with Crippen molar-refractivity contribution in [2.45, 2.75) is 51.7 Å². The monoisotopic (exact) mass is 319 g/mol. The van der Waals surface area contributed by atoms with Crippen molar-refractivity contribution < 1.29 is 19.1 Å². The highest BCUT2D eigenvalue weighted by atomic mass is 16.6. The average Bonchev–Trinajstić information content (AvgIpc) is 3.00. The molecule has 0 radical (unpaired) electrons. The summed E-state index contributed by atoms with van der Waals surface area (Å²) >= 11 is 0. The van der Waals surface area contributed by atoms with Gasteiger partial charge in [0, 0.05) is 19.5 Å². The Kier molecular flexibility index (Phi) is 5.64. The highest BCUT2D eigenvalue weighted by molar-refractivity contribution is 5.79. The van der Waals surface area contributed by atoms with Gasteiger partial charge in [0.25, 0.3) is 0 Å². The number of amides is 1. The summed E-state index contributed by atoms with van der Waals surface area (Å²) in [7, 11) is 0. The van der Waals surface area contributed by atoms with Crippen LogP contribution < -0.4 is 0 Å². The Bertz CT molecular complexity index is 530. The molecule has 126 valence electrons. The molecule has 0 bridgehead atoms. The second-order valence-corrected chi connectivity index (χ2v) is 6.79. The van der Waals surface area contributed by atoms with Gasteiger partial charge in [0.15, 0.2) is 0 Å². The minimum absolute atomic E-state index is 0.315. The Morgan fingerprint density at radius 3 is 2.30 bits per heavy atom. The Balaban J connectivity index is 2.06. The van der Waals surface area contributed by atoms with Gasteiger partial charge >= 0.3 is 12.1 Å². The summed E-state index contributed by atoms with van der Waals surface area (Å²) in [5.74, 6) is -0.506. The number of benzene rings is 1. The summed E-state index contributed by atoms with van der Waals surface area (Å²) in [6, 6.07) is 9.50. The van der Waals surface area contributed by atoms with E-state index in [2.05, 4.69) is 0 Å². The van der Waals surface area contributed by atoms with Gasteiger partial charge in [-0.25, -0.2) is 9.59 Å². The molecule has 0 aromatic heterocycles. The molecule has 0 spiro atoms. The maximum atomic E-state index is 12.4. The van der Waals surface area contributed by atoms with E-state index in [0.717, 1.165) is 18.4 Å². The van der Waals surface area contributed by atoms with Crippen molar-refractivity contribution in [1.82, 2.24) is 4.90 Å². The summed E-state index contributed by atoms with van der Waals surface area (Å²) in [6.45, 7) is 6.77. The third-order valence-electron chi connectivity index (χ3n) is 3.54. The lowest BCUT2D eigenvalue weighted by Crippen LogP contribution is -2.39. The van der Waals surface area contributed by atoms with E-state index in [9.17, 15) is 9.59 Å². The lowest BCUT2D eigenvalue weighted by molar-refractivity contribution is -0.165. The zero-order valence-corrected chi connectivity index (χ0v) is 14.1. The third-order valence-corrected chi connectivity index (χ3v) is 3.54. The van der Waals surface area contributed by atoms with E-state index in [4.69, 9.17) is 9.47 Å². The Morgan fingerprint density at radius 1 is 1.13 bits per heavy atom. The van der Waals surface area contributed by atoms with Gasteiger partial charge in [0.2, 0.25) is 6.10 Å². The minimum Gasteiger partial charge on any atom is -0.457 e. The number of likely N-dealkylation sites (tertiary alicyclic amines) is 1. The van der Waals surface area contributed by atoms with Crippen molar-refractivity contribution in [3.63, 3.8) is 0 Å². The molecular formula is C18H25NO4. The van der Waals surface area contributed by atoms with Crippen molar-refractivity contribution in [3.8, 4) is 0 Å². The van der Waals surface area contributed by atoms with Crippen LogP contribution in [0.3, 0.4) is 0 Å². The predicted octanol–water partition coefficient (Wildman–Crippen LogP) is 3.17. The highest BCUT2D eigenvalue weighted by Gasteiger charge is 2.31. The number of ether oxygens (including phenoxy) is 2. The van der Waals surface area contributed by atoms with E-state index < -0.39 is 23.8 Å². The molecule has 0 unspecified atom stereocenters. The topological polar surface area (TPSA) is 55.8 Å². The van der Waals surface area contributed by atoms with Crippen molar-refractivity contribution in [2.75, 3.05) is 13.1 Å². The molecule has 1 saturated heterocycles. The van der Waals surface area contributed by atoms with E-state index in [1.165, 1.54) is 0 Å². The molecule has 1 aliphatic heterocycles. The van der Waals surface area contributed by atoms with E-state index in [-0.39, 0.29) is 0 Å². The lowest BCUT2D eigenvalue weighted by Gasteiger charge is -2.25. The molecule has 0 N–H and O–H groups in total. The Morgan fingerprint density at radius 2 is 1.74 bits per heavy atom. The molecule has 2 rings (SSSR count). The number of nitrogens with zero attached hydrogens (tertiary/aromatic N) is 1. The van der Waals surface area contributed by atoms with Gasteiger partial charge in [0.05, 0.1) is 0 Å². The van der Waals surface area contributed by atoms with Gasteiger partial charge in [-0.2, -0.15) is 0 Å². The maximum absolute atomic E-state index is 12.4. The third kappa shape index (κ3) is 5.58. The molecule has 23 heavy (non-hydrogen) atoms. The zero-order valence-electron chi connectivity index (χ0n) is 14.1. The predicted molar refractivity (Wildman–Crippen MR) is 87.1 cm³/mol. The SMILES string of the molecule is CC(C)(C)OC(=O)[C@@H](Cc1ccccc1)OC(=O)N1CCCC1. The van der Waals surface area contributed by atoms with Crippen LogP contribution in [-0.4, -0.2) is 41.8 Å². The van der Waals surface area contributed by atoms with Crippen LogP contribution >= 0.6 is 0 Å². The van der Waals surface area contributed by atoms with Gasteiger partial charge in [0.1, 0.15) is 5.60 Å². The molecule has 1 atom stereocenters. The van der Waals surface area contributed by atoms with Crippen molar-refractivity contribution in [3.05, 3.63) is 35.9 Å². The van der Waals surface area contributed by atoms with Gasteiger partial charge in [-0.3, -0.25) is 0 Å². The van der Waals surface area contributed by atoms with E-state index >= 15 is 0 Å². The molecule has 5 heteroatoms. The summed E-state index contributed by atoms with van der Waals surface area (Å²) in [5, 5.41) is 0. The number of carbonyl (C=O) groups is 2. The van der Waals surface area contributed by atoms with E-state index in [0.29, 0.717) is 19.5 Å². The van der Waals surface area contributed by atoms with Gasteiger partial charge < -0.3 is 14.4 Å². The van der Waals surface area contributed by atoms with Crippen molar-refractivity contribution >= 4 is 12.1 Å². The molecule has 1 amide bonds. The number of esters is 1. The van der Waals surface area contributed by atoms with Crippen LogP contribution in [0, 0.1) is 0 Å². The highest BCUT2D eigenvalue weighted by Crippen LogP contribution is 2.16. The standard InChI is InChI=1S/C18H25NO4/c1-18(2,3)23-16(20)15(13-14-9-5-4-6-10-14)22-17(21)19-11-7-8-12-19/h4-6,9-10,15H,7-8,11-13H2,1-3H3/t15-/m1/s1. The van der Waals surface area contributed by atoms with Crippen LogP contribution in [0.2, 0.25) is 0 Å². The van der Waals surface area contributed by atoms with E-state index in [1.54, 1.807) is 25.7 Å². The van der Waals surface area contributed by atoms with E-state index in [1.807, 2.05) is 30.3 Å². The molecule has 1 aromatic rings. The average molecular weight is 319 g/mol. The first-order valence-corrected chi connectivity index (χ1v) is 8.07. The van der Waals surface area contributed by atoms with Crippen LogP contribution in [0.15, 0.2) is 30.3 Å². The maximum Gasteiger partial charge on any atom is 0.410 e. The number of carbonyl (C=O) groups excluding carboxylic acids is 2. The summed E-state index contributed by atoms with van der Waals surface area (Å²) in [5.41, 5.74) is 0.309. The van der Waals surface area contributed by atoms with Crippen LogP contribution in [0.5, 0.6) is 0 Å². The van der Waals surface area contributed by atoms with Crippen molar-refractivity contribution in [2.24, 2.45) is 0 Å². The van der Waals surface area contributed by atoms with Gasteiger partial charge in [-0.1, -0.05) is 30.3 Å². The number of hydrogen-bond donors (Lipinski definition) is 0. The fraction of sp³-hybridized carbons (Fsp3) is 0.556. The van der Waals surface area contributed by atoms with Crippen LogP contribution in [-0.2, 0) is 20.7 Å². The molecule has 1 fully saturated rings. The molecule has 1 heterocycles. The first-order valence-electron chi connectivity index (χ1n) is 8.07. The fourth-order valence-electron chi connectivity index (χ4n) is 2.46. The molecule has 0 aliphatic carbocycles. The van der Waals surface area contributed by atoms with Gasteiger partial charge in [-0.05, 0) is 39.2 Å². The normalized spacial score (nSPS) is 16.0. The summed E-state index contributed by atoms with van der Waals surface area (Å²) in [6.07, 6.45) is 0.907. The van der Waals surface area contributed by atoms with Gasteiger partial charge in [-0.15, -0.1) is 0 Å². The first kappa shape index (κ1) is 17.3. The number of hydrogen-bond acceptors (Lipinski definition) is 4. The molecule has 5 nitrogen and oxygen atoms in total. The Labute approximate surface area is 137 Å².